The molecule has 0 fully saturated rings. The molecule has 0 radical (unpaired) electrons. The summed E-state index contributed by atoms with van der Waals surface area (Å²) in [6.07, 6.45) is 0. The van der Waals surface area contributed by atoms with Crippen LogP contribution in [-0.4, -0.2) is 11.3 Å². The van der Waals surface area contributed by atoms with Gasteiger partial charge in [0.15, 0.2) is 0 Å². The van der Waals surface area contributed by atoms with Crippen LogP contribution in [0.2, 0.25) is 0 Å². The molecule has 0 nitrogen and oxygen atoms in total. The minimum absolute atomic E-state index is 0.721. The maximum absolute atomic E-state index is 2.27. The Hall–Kier alpha value is 0.0800. The molecule has 0 aliphatic rings. The lowest BCUT2D eigenvalue weighted by atomic mass is 10.4. The van der Waals surface area contributed by atoms with Crippen LogP contribution in [0.5, 0.6) is 0 Å². The molecule has 1 aromatic rings. The summed E-state index contributed by atoms with van der Waals surface area (Å²) in [5.74, 6) is 0. The van der Waals surface area contributed by atoms with Crippen LogP contribution in [0.25, 0.3) is 0 Å². The van der Waals surface area contributed by atoms with Crippen LogP contribution in [-0.2, 0) is 0 Å². The molecule has 0 unspecified atom stereocenters. The Morgan fingerprint density at radius 1 is 0.786 bits per heavy atom. The summed E-state index contributed by atoms with van der Waals surface area (Å²) in [6.45, 7) is 9.07. The lowest BCUT2D eigenvalue weighted by Gasteiger charge is -2.35. The average molecular weight is 224 g/mol. The molecule has 0 aromatic heterocycles. The van der Waals surface area contributed by atoms with Crippen molar-refractivity contribution in [3.05, 3.63) is 24.3 Å². The quantitative estimate of drug-likeness (QED) is 0.685. The van der Waals surface area contributed by atoms with Crippen molar-refractivity contribution in [2.45, 2.75) is 39.0 Å². The predicted molar refractivity (Wildman–Crippen MR) is 69.8 cm³/mol. The SMILES string of the molecule is CC(C)[P-]c1ccccc1[P-]C(C)C. The van der Waals surface area contributed by atoms with E-state index in [2.05, 4.69) is 52.0 Å². The average Bonchev–Trinajstić information content (AvgIpc) is 2.06. The van der Waals surface area contributed by atoms with E-state index >= 15 is 0 Å². The topological polar surface area (TPSA) is 0 Å². The van der Waals surface area contributed by atoms with Crippen molar-refractivity contribution >= 4 is 27.8 Å². The summed E-state index contributed by atoms with van der Waals surface area (Å²) in [4.78, 5) is 0. The summed E-state index contributed by atoms with van der Waals surface area (Å²) in [5.41, 5.74) is 1.44. The van der Waals surface area contributed by atoms with E-state index in [9.17, 15) is 0 Å². The Morgan fingerprint density at radius 3 is 1.43 bits per heavy atom. The number of hydrogen-bond donors (Lipinski definition) is 0. The molecule has 0 heterocycles. The molecule has 2 heteroatoms. The smallest absolute Gasteiger partial charge is 0.0647 e. The Kier molecular flexibility index (Phi) is 5.07. The van der Waals surface area contributed by atoms with E-state index in [4.69, 9.17) is 0 Å². The van der Waals surface area contributed by atoms with Gasteiger partial charge in [-0.1, -0.05) is 52.0 Å². The second-order valence-corrected chi connectivity index (χ2v) is 7.48. The van der Waals surface area contributed by atoms with Crippen molar-refractivity contribution in [2.75, 3.05) is 0 Å². The Morgan fingerprint density at radius 2 is 1.14 bits per heavy atom. The summed E-state index contributed by atoms with van der Waals surface area (Å²) in [7, 11) is 2.91. The predicted octanol–water partition coefficient (Wildman–Crippen LogP) is 3.65. The minimum Gasteiger partial charge on any atom is -0.506 e. The van der Waals surface area contributed by atoms with Gasteiger partial charge < -0.3 is 17.2 Å². The molecule has 0 aliphatic heterocycles. The molecule has 1 aromatic carbocycles. The van der Waals surface area contributed by atoms with Gasteiger partial charge in [-0.15, -0.1) is 0 Å². The van der Waals surface area contributed by atoms with Gasteiger partial charge in [-0.05, 0) is 0 Å². The monoisotopic (exact) mass is 224 g/mol. The van der Waals surface area contributed by atoms with E-state index in [1.807, 2.05) is 0 Å². The Bertz CT molecular complexity index is 250. The van der Waals surface area contributed by atoms with Gasteiger partial charge in [0.05, 0.1) is 0 Å². The third kappa shape index (κ3) is 4.07. The van der Waals surface area contributed by atoms with Gasteiger partial charge in [0, 0.05) is 0 Å². The van der Waals surface area contributed by atoms with Crippen LogP contribution in [0.1, 0.15) is 27.7 Å². The van der Waals surface area contributed by atoms with Crippen LogP contribution in [0.3, 0.4) is 0 Å². The summed E-state index contributed by atoms with van der Waals surface area (Å²) >= 11 is 0. The van der Waals surface area contributed by atoms with Crippen molar-refractivity contribution < 1.29 is 0 Å². The fraction of sp³-hybridized carbons (Fsp3) is 0.500. The standard InChI is InChI=1S/C12H18P2/c1-9(2)13-11-7-5-6-8-12(11)14-10(3)4/h5-10H,1-4H3/q-2. The summed E-state index contributed by atoms with van der Waals surface area (Å²) in [5, 5.41) is 3.00. The molecule has 0 saturated carbocycles. The first-order valence-corrected chi connectivity index (χ1v) is 7.03. The molecule has 0 bridgehead atoms. The van der Waals surface area contributed by atoms with Crippen molar-refractivity contribution in [3.63, 3.8) is 0 Å². The van der Waals surface area contributed by atoms with Crippen LogP contribution in [0.4, 0.5) is 0 Å². The molecule has 1 rings (SSSR count). The number of hydrogen-bond acceptors (Lipinski definition) is 0. The van der Waals surface area contributed by atoms with Crippen molar-refractivity contribution in [1.82, 2.24) is 0 Å². The summed E-state index contributed by atoms with van der Waals surface area (Å²) < 4.78 is 0. The minimum atomic E-state index is 0.721. The lowest BCUT2D eigenvalue weighted by molar-refractivity contribution is 1.11. The van der Waals surface area contributed by atoms with Crippen LogP contribution in [0.15, 0.2) is 24.3 Å². The third-order valence-corrected chi connectivity index (χ3v) is 4.22. The van der Waals surface area contributed by atoms with E-state index < -0.39 is 0 Å². The summed E-state index contributed by atoms with van der Waals surface area (Å²) in [6, 6.07) is 8.80. The fourth-order valence-corrected chi connectivity index (χ4v) is 3.46. The molecule has 0 spiro atoms. The Labute approximate surface area is 91.5 Å². The maximum Gasteiger partial charge on any atom is -0.0647 e. The van der Waals surface area contributed by atoms with Gasteiger partial charge in [0.2, 0.25) is 0 Å². The largest absolute Gasteiger partial charge is 0.506 e. The van der Waals surface area contributed by atoms with Crippen LogP contribution < -0.4 is 10.6 Å². The zero-order chi connectivity index (χ0) is 10.6. The second kappa shape index (κ2) is 5.84. The van der Waals surface area contributed by atoms with Gasteiger partial charge in [0.1, 0.15) is 0 Å². The molecule has 78 valence electrons. The zero-order valence-electron chi connectivity index (χ0n) is 9.36. The van der Waals surface area contributed by atoms with Gasteiger partial charge in [-0.2, -0.15) is 11.3 Å². The molecule has 0 N–H and O–H groups in total. The van der Waals surface area contributed by atoms with Crippen molar-refractivity contribution in [3.8, 4) is 0 Å². The zero-order valence-corrected chi connectivity index (χ0v) is 11.1. The molecule has 0 saturated heterocycles. The molecule has 0 amide bonds. The number of rotatable bonds is 4. The van der Waals surface area contributed by atoms with E-state index in [1.165, 1.54) is 27.8 Å². The highest BCUT2D eigenvalue weighted by Crippen LogP contribution is 2.22. The van der Waals surface area contributed by atoms with E-state index in [-0.39, 0.29) is 0 Å². The van der Waals surface area contributed by atoms with Crippen molar-refractivity contribution in [1.29, 1.82) is 0 Å². The lowest BCUT2D eigenvalue weighted by Crippen LogP contribution is -2.18. The van der Waals surface area contributed by atoms with Crippen molar-refractivity contribution in [2.24, 2.45) is 0 Å². The molecular weight excluding hydrogens is 206 g/mol. The van der Waals surface area contributed by atoms with Crippen LogP contribution >= 0.6 is 17.2 Å². The number of benzene rings is 1. The van der Waals surface area contributed by atoms with E-state index in [1.54, 1.807) is 0 Å². The Balaban J connectivity index is 2.80. The van der Waals surface area contributed by atoms with Gasteiger partial charge in [-0.25, -0.2) is 10.6 Å². The molecule has 14 heavy (non-hydrogen) atoms. The molecular formula is C12H18P2-2. The van der Waals surface area contributed by atoms with E-state index in [0.717, 1.165) is 11.3 Å². The highest BCUT2D eigenvalue weighted by atomic mass is 31.1. The third-order valence-electron chi connectivity index (χ3n) is 1.68. The first-order valence-electron chi connectivity index (χ1n) is 5.10. The highest BCUT2D eigenvalue weighted by molar-refractivity contribution is 7.55. The normalized spacial score (nSPS) is 13.0. The molecule has 0 aliphatic carbocycles. The van der Waals surface area contributed by atoms with E-state index in [0.29, 0.717) is 0 Å². The first kappa shape index (κ1) is 12.2. The van der Waals surface area contributed by atoms with Gasteiger partial charge in [-0.3, -0.25) is 0 Å². The first-order chi connectivity index (χ1) is 6.59. The maximum atomic E-state index is 2.27. The molecule has 0 atom stereocenters. The van der Waals surface area contributed by atoms with Gasteiger partial charge in [0.25, 0.3) is 0 Å². The van der Waals surface area contributed by atoms with Crippen LogP contribution in [0, 0.1) is 0 Å². The second-order valence-electron chi connectivity index (χ2n) is 3.93. The van der Waals surface area contributed by atoms with Gasteiger partial charge >= 0.3 is 0 Å². The highest BCUT2D eigenvalue weighted by Gasteiger charge is 1.85. The fourth-order valence-electron chi connectivity index (χ4n) is 1.24.